The van der Waals surface area contributed by atoms with Crippen LogP contribution in [0, 0.1) is 0 Å². The maximum Gasteiger partial charge on any atom is 0.222 e. The Bertz CT molecular complexity index is 1340. The summed E-state index contributed by atoms with van der Waals surface area (Å²) in [5.41, 5.74) is 2.25. The van der Waals surface area contributed by atoms with Crippen LogP contribution < -0.4 is 10.1 Å². The van der Waals surface area contributed by atoms with Crippen LogP contribution in [0.3, 0.4) is 0 Å². The first-order valence-corrected chi connectivity index (χ1v) is 14.2. The van der Waals surface area contributed by atoms with Crippen LogP contribution in [0.15, 0.2) is 53.9 Å². The van der Waals surface area contributed by atoms with Crippen molar-refractivity contribution in [2.75, 3.05) is 26.5 Å². The number of anilines is 1. The highest BCUT2D eigenvalue weighted by molar-refractivity contribution is 7.90. The number of pyridine rings is 1. The van der Waals surface area contributed by atoms with E-state index in [1.807, 2.05) is 18.2 Å². The van der Waals surface area contributed by atoms with Gasteiger partial charge in [-0.3, -0.25) is 4.98 Å². The van der Waals surface area contributed by atoms with E-state index in [0.29, 0.717) is 29.3 Å². The number of sulfone groups is 1. The summed E-state index contributed by atoms with van der Waals surface area (Å²) >= 11 is 6.06. The largest absolute Gasteiger partial charge is 0.496 e. The minimum atomic E-state index is -3.65. The zero-order valence-electron chi connectivity index (χ0n) is 21.3. The lowest BCUT2D eigenvalue weighted by atomic mass is 9.91. The van der Waals surface area contributed by atoms with Gasteiger partial charge in [0.1, 0.15) is 10.6 Å². The Morgan fingerprint density at radius 1 is 1.08 bits per heavy atom. The Kier molecular flexibility index (Phi) is 8.79. The van der Waals surface area contributed by atoms with Gasteiger partial charge in [0.2, 0.25) is 5.95 Å². The third-order valence-corrected chi connectivity index (χ3v) is 8.76. The average molecular weight is 542 g/mol. The Balaban J connectivity index is 1.39. The molecule has 1 aliphatic carbocycles. The van der Waals surface area contributed by atoms with Crippen molar-refractivity contribution in [1.29, 1.82) is 0 Å². The van der Waals surface area contributed by atoms with E-state index in [4.69, 9.17) is 16.3 Å². The number of methoxy groups -OCH3 is 1. The molecule has 0 radical (unpaired) electrons. The maximum absolute atomic E-state index is 12.8. The van der Waals surface area contributed by atoms with Crippen molar-refractivity contribution in [3.8, 4) is 5.75 Å². The number of rotatable bonds is 9. The fourth-order valence-corrected chi connectivity index (χ4v) is 6.29. The first-order chi connectivity index (χ1) is 17.7. The number of hydrogen-bond acceptors (Lipinski definition) is 8. The molecule has 37 heavy (non-hydrogen) atoms. The van der Waals surface area contributed by atoms with E-state index in [0.717, 1.165) is 24.0 Å². The van der Waals surface area contributed by atoms with Crippen LogP contribution in [-0.4, -0.2) is 61.6 Å². The van der Waals surface area contributed by atoms with Gasteiger partial charge in [0, 0.05) is 48.0 Å². The number of nitrogens with one attached hydrogen (secondary N) is 1. The highest BCUT2D eigenvalue weighted by Gasteiger charge is 2.23. The zero-order chi connectivity index (χ0) is 26.4. The van der Waals surface area contributed by atoms with Crippen molar-refractivity contribution in [2.45, 2.75) is 48.4 Å². The van der Waals surface area contributed by atoms with E-state index in [9.17, 15) is 8.42 Å². The average Bonchev–Trinajstić information content (AvgIpc) is 2.89. The minimum absolute atomic E-state index is 0.0128. The van der Waals surface area contributed by atoms with Crippen LogP contribution in [0.5, 0.6) is 5.75 Å². The number of halogens is 1. The summed E-state index contributed by atoms with van der Waals surface area (Å²) in [4.78, 5) is 15.1. The summed E-state index contributed by atoms with van der Waals surface area (Å²) in [7, 11) is 2.19. The monoisotopic (exact) mass is 541 g/mol. The lowest BCUT2D eigenvalue weighted by molar-refractivity contribution is 0.221. The van der Waals surface area contributed by atoms with Crippen molar-refractivity contribution in [1.82, 2.24) is 19.9 Å². The number of ether oxygens (including phenoxy) is 1. The van der Waals surface area contributed by atoms with E-state index in [1.54, 1.807) is 31.6 Å². The second kappa shape index (κ2) is 12.0. The fraction of sp³-hybridized carbons (Fsp3) is 0.370. The summed E-state index contributed by atoms with van der Waals surface area (Å²) in [6.45, 7) is 0. The van der Waals surface area contributed by atoms with Crippen LogP contribution in [-0.2, 0) is 15.6 Å². The third-order valence-electron chi connectivity index (χ3n) is 6.61. The Morgan fingerprint density at radius 2 is 1.81 bits per heavy atom. The summed E-state index contributed by atoms with van der Waals surface area (Å²) in [5, 5.41) is 3.61. The number of nitrogens with zero attached hydrogens (tertiary/aromatic N) is 4. The van der Waals surface area contributed by atoms with Crippen molar-refractivity contribution in [3.63, 3.8) is 0 Å². The molecular formula is C27H32ClN5O3S. The molecule has 1 N–H and O–H groups in total. The molecule has 10 heteroatoms. The molecule has 0 bridgehead atoms. The molecule has 4 rings (SSSR count). The minimum Gasteiger partial charge on any atom is -0.496 e. The van der Waals surface area contributed by atoms with Gasteiger partial charge in [-0.2, -0.15) is 0 Å². The predicted molar refractivity (Wildman–Crippen MR) is 147 cm³/mol. The molecule has 0 unspecified atom stereocenters. The molecule has 2 heterocycles. The summed E-state index contributed by atoms with van der Waals surface area (Å²) in [5.74, 6) is 0.994. The lowest BCUT2D eigenvalue weighted by Crippen LogP contribution is -2.36. The molecule has 0 aliphatic heterocycles. The molecule has 1 aromatic carbocycles. The Labute approximate surface area is 223 Å². The smallest absolute Gasteiger partial charge is 0.222 e. The van der Waals surface area contributed by atoms with E-state index in [1.165, 1.54) is 31.3 Å². The highest BCUT2D eigenvalue weighted by Crippen LogP contribution is 2.28. The molecule has 1 saturated carbocycles. The quantitative estimate of drug-likeness (QED) is 0.406. The molecule has 196 valence electrons. The topological polar surface area (TPSA) is 97.3 Å². The maximum atomic E-state index is 12.8. The molecule has 2 aromatic heterocycles. The van der Waals surface area contributed by atoms with Crippen molar-refractivity contribution < 1.29 is 13.2 Å². The van der Waals surface area contributed by atoms with E-state index < -0.39 is 9.84 Å². The van der Waals surface area contributed by atoms with Gasteiger partial charge < -0.3 is 15.0 Å². The van der Waals surface area contributed by atoms with E-state index in [2.05, 4.69) is 39.3 Å². The van der Waals surface area contributed by atoms with Crippen molar-refractivity contribution >= 4 is 39.5 Å². The molecule has 0 saturated heterocycles. The Morgan fingerprint density at radius 3 is 2.46 bits per heavy atom. The molecule has 0 spiro atoms. The molecular weight excluding hydrogens is 510 g/mol. The molecule has 0 atom stereocenters. The summed E-state index contributed by atoms with van der Waals surface area (Å²) < 4.78 is 31.1. The van der Waals surface area contributed by atoms with Gasteiger partial charge in [-0.15, -0.1) is 0 Å². The van der Waals surface area contributed by atoms with Gasteiger partial charge in [-0.05, 0) is 57.5 Å². The van der Waals surface area contributed by atoms with Gasteiger partial charge in [0.25, 0.3) is 0 Å². The number of benzene rings is 1. The van der Waals surface area contributed by atoms with Gasteiger partial charge in [-0.1, -0.05) is 35.9 Å². The van der Waals surface area contributed by atoms with E-state index >= 15 is 0 Å². The molecule has 8 nitrogen and oxygen atoms in total. The zero-order valence-corrected chi connectivity index (χ0v) is 22.8. The van der Waals surface area contributed by atoms with Gasteiger partial charge in [0.15, 0.2) is 9.84 Å². The molecule has 1 fully saturated rings. The van der Waals surface area contributed by atoms with Crippen molar-refractivity contribution in [3.05, 3.63) is 70.8 Å². The standard InChI is InChI=1S/C27H32ClN5O3S/c1-33(2)23-10-8-22(9-11-23)32-27-30-15-20(16-31-27)5-7-21-6-4-19(14-25(21)36-3)18-37(34,35)26-17-29-13-12-24(26)28/h4-7,12-17,22-23H,8-11,18H2,1-3H3,(H,30,31,32)/b7-5+. The van der Waals surface area contributed by atoms with Crippen LogP contribution in [0.25, 0.3) is 12.2 Å². The second-order valence-electron chi connectivity index (χ2n) is 9.43. The van der Waals surface area contributed by atoms with Crippen LogP contribution in [0.4, 0.5) is 5.95 Å². The first-order valence-electron chi connectivity index (χ1n) is 12.2. The van der Waals surface area contributed by atoms with Gasteiger partial charge in [0.05, 0.1) is 17.9 Å². The second-order valence-corrected chi connectivity index (χ2v) is 11.8. The van der Waals surface area contributed by atoms with Crippen LogP contribution in [0.2, 0.25) is 5.02 Å². The Hall–Kier alpha value is -3.01. The third kappa shape index (κ3) is 7.06. The van der Waals surface area contributed by atoms with Crippen molar-refractivity contribution in [2.24, 2.45) is 0 Å². The number of aromatic nitrogens is 3. The molecule has 0 amide bonds. The highest BCUT2D eigenvalue weighted by atomic mass is 35.5. The normalized spacial score (nSPS) is 18.3. The molecule has 1 aliphatic rings. The summed E-state index contributed by atoms with van der Waals surface area (Å²) in [6.07, 6.45) is 14.6. The summed E-state index contributed by atoms with van der Waals surface area (Å²) in [6, 6.07) is 7.83. The lowest BCUT2D eigenvalue weighted by Gasteiger charge is -2.32. The SMILES string of the molecule is COc1cc(CS(=O)(=O)c2cnccc2Cl)ccc1/C=C/c1cnc(NC2CCC(N(C)C)CC2)nc1. The van der Waals surface area contributed by atoms with Crippen LogP contribution in [0.1, 0.15) is 42.4 Å². The predicted octanol–water partition coefficient (Wildman–Crippen LogP) is 4.96. The fourth-order valence-electron chi connectivity index (χ4n) is 4.48. The number of hydrogen-bond donors (Lipinski definition) is 1. The van der Waals surface area contributed by atoms with E-state index in [-0.39, 0.29) is 15.7 Å². The first kappa shape index (κ1) is 27.0. The van der Waals surface area contributed by atoms with Gasteiger partial charge in [-0.25, -0.2) is 18.4 Å². The molecule has 3 aromatic rings. The van der Waals surface area contributed by atoms with Gasteiger partial charge >= 0.3 is 0 Å². The van der Waals surface area contributed by atoms with Crippen LogP contribution >= 0.6 is 11.6 Å².